The Morgan fingerprint density at radius 2 is 1.83 bits per heavy atom. The first-order chi connectivity index (χ1) is 11.2. The van der Waals surface area contributed by atoms with Gasteiger partial charge in [0.15, 0.2) is 0 Å². The monoisotopic (exact) mass is 309 g/mol. The largest absolute Gasteiger partial charge is 0.392 e. The number of pyridine rings is 1. The van der Waals surface area contributed by atoms with Crippen molar-refractivity contribution in [3.8, 4) is 0 Å². The van der Waals surface area contributed by atoms with Crippen molar-refractivity contribution in [2.45, 2.75) is 39.6 Å². The van der Waals surface area contributed by atoms with Gasteiger partial charge in [0.25, 0.3) is 0 Å². The van der Waals surface area contributed by atoms with Gasteiger partial charge in [-0.15, -0.1) is 0 Å². The number of hydrogen-bond donors (Lipinski definition) is 1. The van der Waals surface area contributed by atoms with Crippen LogP contribution in [0.25, 0.3) is 5.52 Å². The molecule has 0 saturated heterocycles. The van der Waals surface area contributed by atoms with Crippen LogP contribution in [0.15, 0.2) is 54.9 Å². The van der Waals surface area contributed by atoms with E-state index in [0.717, 1.165) is 24.2 Å². The highest BCUT2D eigenvalue weighted by Crippen LogP contribution is 2.20. The first-order valence-electron chi connectivity index (χ1n) is 8.02. The molecule has 4 nitrogen and oxygen atoms in total. The van der Waals surface area contributed by atoms with Crippen molar-refractivity contribution in [2.75, 3.05) is 0 Å². The lowest BCUT2D eigenvalue weighted by Crippen LogP contribution is -2.30. The van der Waals surface area contributed by atoms with Gasteiger partial charge in [0.1, 0.15) is 0 Å². The quantitative estimate of drug-likeness (QED) is 0.760. The third-order valence-corrected chi connectivity index (χ3v) is 4.20. The zero-order valence-electron chi connectivity index (χ0n) is 13.7. The van der Waals surface area contributed by atoms with Gasteiger partial charge in [-0.05, 0) is 31.0 Å². The Kier molecular flexibility index (Phi) is 4.74. The Morgan fingerprint density at radius 1 is 1.04 bits per heavy atom. The van der Waals surface area contributed by atoms with E-state index in [9.17, 15) is 5.11 Å². The number of aliphatic hydroxyl groups is 1. The summed E-state index contributed by atoms with van der Waals surface area (Å²) in [7, 11) is 0. The zero-order valence-corrected chi connectivity index (χ0v) is 13.7. The van der Waals surface area contributed by atoms with Crippen molar-refractivity contribution >= 4 is 5.52 Å². The number of fused-ring (bicyclic) bond motifs is 1. The summed E-state index contributed by atoms with van der Waals surface area (Å²) in [5.41, 5.74) is 4.40. The van der Waals surface area contributed by atoms with E-state index in [4.69, 9.17) is 0 Å². The molecular formula is C19H23N3O. The lowest BCUT2D eigenvalue weighted by atomic mass is 10.1. The predicted molar refractivity (Wildman–Crippen MR) is 91.9 cm³/mol. The van der Waals surface area contributed by atoms with E-state index in [1.165, 1.54) is 11.1 Å². The minimum absolute atomic E-state index is 0.0148. The van der Waals surface area contributed by atoms with Crippen molar-refractivity contribution in [1.82, 2.24) is 14.5 Å². The second-order valence-electron chi connectivity index (χ2n) is 6.14. The van der Waals surface area contributed by atoms with Crippen molar-refractivity contribution < 1.29 is 5.11 Å². The van der Waals surface area contributed by atoms with Crippen LogP contribution >= 0.6 is 0 Å². The fourth-order valence-corrected chi connectivity index (χ4v) is 2.89. The van der Waals surface area contributed by atoms with E-state index in [2.05, 4.69) is 54.2 Å². The van der Waals surface area contributed by atoms with Gasteiger partial charge in [-0.25, -0.2) is 4.52 Å². The molecule has 3 aromatic rings. The molecule has 2 heterocycles. The molecule has 1 aromatic carbocycles. The third-order valence-electron chi connectivity index (χ3n) is 4.20. The summed E-state index contributed by atoms with van der Waals surface area (Å²) in [6.07, 6.45) is 3.67. The van der Waals surface area contributed by atoms with Crippen LogP contribution in [0.5, 0.6) is 0 Å². The topological polar surface area (TPSA) is 40.8 Å². The zero-order chi connectivity index (χ0) is 16.2. The summed E-state index contributed by atoms with van der Waals surface area (Å²) < 4.78 is 1.85. The Labute approximate surface area is 137 Å². The molecule has 0 aliphatic rings. The third kappa shape index (κ3) is 3.44. The molecule has 0 saturated carbocycles. The summed E-state index contributed by atoms with van der Waals surface area (Å²) in [4.78, 5) is 2.43. The molecule has 0 bridgehead atoms. The van der Waals surface area contributed by atoms with Crippen LogP contribution in [-0.4, -0.2) is 25.7 Å². The van der Waals surface area contributed by atoms with Crippen LogP contribution in [0.3, 0.4) is 0 Å². The first kappa shape index (κ1) is 15.7. The standard InChI is InChI=1S/C19H23N3O/c1-15(2)21(12-16-7-4-3-5-8-16)13-17-9-6-10-22-19(17)18(14-23)11-20-22/h3-11,15,23H,12-14H2,1-2H3. The van der Waals surface area contributed by atoms with Crippen molar-refractivity contribution in [2.24, 2.45) is 0 Å². The Hall–Kier alpha value is -2.17. The second-order valence-corrected chi connectivity index (χ2v) is 6.14. The summed E-state index contributed by atoms with van der Waals surface area (Å²) in [5.74, 6) is 0. The summed E-state index contributed by atoms with van der Waals surface area (Å²) >= 11 is 0. The second kappa shape index (κ2) is 6.94. The van der Waals surface area contributed by atoms with Gasteiger partial charge in [0.05, 0.1) is 18.3 Å². The number of benzene rings is 1. The highest BCUT2D eigenvalue weighted by atomic mass is 16.3. The maximum atomic E-state index is 9.56. The van der Waals surface area contributed by atoms with Gasteiger partial charge >= 0.3 is 0 Å². The summed E-state index contributed by atoms with van der Waals surface area (Å²) in [5, 5.41) is 13.9. The molecule has 1 N–H and O–H groups in total. The van der Waals surface area contributed by atoms with Crippen molar-refractivity contribution in [3.05, 3.63) is 71.5 Å². The first-order valence-corrected chi connectivity index (χ1v) is 8.02. The van der Waals surface area contributed by atoms with Gasteiger partial charge in [0.2, 0.25) is 0 Å². The molecule has 2 aromatic heterocycles. The Morgan fingerprint density at radius 3 is 2.52 bits per heavy atom. The van der Waals surface area contributed by atoms with E-state index in [-0.39, 0.29) is 6.61 Å². The molecule has 0 fully saturated rings. The van der Waals surface area contributed by atoms with Gasteiger partial charge in [-0.3, -0.25) is 4.90 Å². The number of aliphatic hydroxyl groups excluding tert-OH is 1. The van der Waals surface area contributed by atoms with Crippen LogP contribution in [0.4, 0.5) is 0 Å². The minimum Gasteiger partial charge on any atom is -0.392 e. The predicted octanol–water partition coefficient (Wildman–Crippen LogP) is 3.24. The molecular weight excluding hydrogens is 286 g/mol. The molecule has 23 heavy (non-hydrogen) atoms. The summed E-state index contributed by atoms with van der Waals surface area (Å²) in [6, 6.07) is 15.1. The average molecular weight is 309 g/mol. The fourth-order valence-electron chi connectivity index (χ4n) is 2.89. The van der Waals surface area contributed by atoms with E-state index in [1.807, 2.05) is 22.8 Å². The Bertz CT molecular complexity index is 765. The van der Waals surface area contributed by atoms with Gasteiger partial charge in [-0.2, -0.15) is 5.10 Å². The molecule has 0 aliphatic carbocycles. The molecule has 0 spiro atoms. The fraction of sp³-hybridized carbons (Fsp3) is 0.316. The van der Waals surface area contributed by atoms with Gasteiger partial charge < -0.3 is 5.11 Å². The van der Waals surface area contributed by atoms with E-state index in [1.54, 1.807) is 6.20 Å². The van der Waals surface area contributed by atoms with Crippen LogP contribution < -0.4 is 0 Å². The van der Waals surface area contributed by atoms with Crippen LogP contribution in [0.2, 0.25) is 0 Å². The molecule has 0 aliphatic heterocycles. The highest BCUT2D eigenvalue weighted by molar-refractivity contribution is 5.60. The van der Waals surface area contributed by atoms with Crippen LogP contribution in [0.1, 0.15) is 30.5 Å². The normalized spacial score (nSPS) is 11.7. The van der Waals surface area contributed by atoms with Crippen molar-refractivity contribution in [3.63, 3.8) is 0 Å². The molecule has 0 radical (unpaired) electrons. The number of nitrogens with zero attached hydrogens (tertiary/aromatic N) is 3. The average Bonchev–Trinajstić information content (AvgIpc) is 2.99. The molecule has 120 valence electrons. The molecule has 0 atom stereocenters. The van der Waals surface area contributed by atoms with E-state index < -0.39 is 0 Å². The lowest BCUT2D eigenvalue weighted by molar-refractivity contribution is 0.204. The van der Waals surface area contributed by atoms with Crippen LogP contribution in [-0.2, 0) is 19.7 Å². The minimum atomic E-state index is 0.0148. The Balaban J connectivity index is 1.90. The maximum Gasteiger partial charge on any atom is 0.0761 e. The van der Waals surface area contributed by atoms with Gasteiger partial charge in [-0.1, -0.05) is 36.4 Å². The highest BCUT2D eigenvalue weighted by Gasteiger charge is 2.15. The van der Waals surface area contributed by atoms with Crippen molar-refractivity contribution in [1.29, 1.82) is 0 Å². The number of hydrogen-bond acceptors (Lipinski definition) is 3. The van der Waals surface area contributed by atoms with E-state index in [0.29, 0.717) is 6.04 Å². The molecule has 3 rings (SSSR count). The SMILES string of the molecule is CC(C)N(Cc1ccccc1)Cc1cccn2ncc(CO)c12. The molecule has 0 amide bonds. The van der Waals surface area contributed by atoms with Crippen LogP contribution in [0, 0.1) is 0 Å². The lowest BCUT2D eigenvalue weighted by Gasteiger charge is -2.27. The number of aromatic nitrogens is 2. The molecule has 4 heteroatoms. The molecule has 0 unspecified atom stereocenters. The maximum absolute atomic E-state index is 9.56. The van der Waals surface area contributed by atoms with E-state index >= 15 is 0 Å². The smallest absolute Gasteiger partial charge is 0.0761 e. The summed E-state index contributed by atoms with van der Waals surface area (Å²) in [6.45, 7) is 6.18. The van der Waals surface area contributed by atoms with Gasteiger partial charge in [0, 0.05) is 30.9 Å². The number of rotatable bonds is 6.